The number of hydrogen-bond acceptors (Lipinski definition) is 6. The van der Waals surface area contributed by atoms with E-state index in [4.69, 9.17) is 9.15 Å². The molecule has 1 aliphatic rings. The minimum Gasteiger partial charge on any atom is -0.494 e. The zero-order chi connectivity index (χ0) is 23.7. The van der Waals surface area contributed by atoms with E-state index < -0.39 is 15.7 Å². The Balaban J connectivity index is 1.60. The SMILES string of the molecule is CCOc1ccc(-c2nc(S(=O)(=O)c3ccc(F)cc3)c(N3CCc4ccccc4C3)o2)cc1. The molecule has 0 bridgehead atoms. The van der Waals surface area contributed by atoms with Crippen molar-refractivity contribution < 1.29 is 22.0 Å². The van der Waals surface area contributed by atoms with E-state index in [-0.39, 0.29) is 21.7 Å². The van der Waals surface area contributed by atoms with Crippen LogP contribution in [0.4, 0.5) is 10.3 Å². The number of rotatable bonds is 6. The third-order valence-electron chi connectivity index (χ3n) is 5.79. The molecule has 0 fully saturated rings. The van der Waals surface area contributed by atoms with Gasteiger partial charge >= 0.3 is 0 Å². The minimum atomic E-state index is -4.05. The van der Waals surface area contributed by atoms with Crippen molar-refractivity contribution in [1.29, 1.82) is 0 Å². The molecule has 6 nitrogen and oxygen atoms in total. The van der Waals surface area contributed by atoms with Gasteiger partial charge in [-0.05, 0) is 73.0 Å². The highest BCUT2D eigenvalue weighted by Crippen LogP contribution is 2.37. The predicted molar refractivity (Wildman–Crippen MR) is 126 cm³/mol. The first-order valence-electron chi connectivity index (χ1n) is 11.0. The molecule has 0 spiro atoms. The van der Waals surface area contributed by atoms with Crippen molar-refractivity contribution in [3.05, 3.63) is 89.7 Å². The maximum absolute atomic E-state index is 13.5. The van der Waals surface area contributed by atoms with Crippen LogP contribution in [0, 0.1) is 5.82 Å². The van der Waals surface area contributed by atoms with E-state index in [0.29, 0.717) is 31.0 Å². The van der Waals surface area contributed by atoms with Gasteiger partial charge in [0.2, 0.25) is 26.6 Å². The van der Waals surface area contributed by atoms with Crippen LogP contribution in [0.15, 0.2) is 87.1 Å². The van der Waals surface area contributed by atoms with Crippen LogP contribution in [0.2, 0.25) is 0 Å². The largest absolute Gasteiger partial charge is 0.494 e. The molecule has 3 aromatic carbocycles. The third-order valence-corrected chi connectivity index (χ3v) is 7.46. The van der Waals surface area contributed by atoms with Crippen LogP contribution >= 0.6 is 0 Å². The number of anilines is 1. The Kier molecular flexibility index (Phi) is 5.83. The second kappa shape index (κ2) is 8.95. The smallest absolute Gasteiger partial charge is 0.236 e. The summed E-state index contributed by atoms with van der Waals surface area (Å²) >= 11 is 0. The average Bonchev–Trinajstić information content (AvgIpc) is 3.31. The van der Waals surface area contributed by atoms with Crippen LogP contribution in [0.3, 0.4) is 0 Å². The Morgan fingerprint density at radius 3 is 2.41 bits per heavy atom. The molecule has 0 unspecified atom stereocenters. The van der Waals surface area contributed by atoms with Gasteiger partial charge in [-0.25, -0.2) is 12.8 Å². The monoisotopic (exact) mass is 478 g/mol. The molecule has 0 atom stereocenters. The first kappa shape index (κ1) is 22.2. The van der Waals surface area contributed by atoms with Crippen molar-refractivity contribution in [3.8, 4) is 17.2 Å². The minimum absolute atomic E-state index is 0.0425. The van der Waals surface area contributed by atoms with Crippen LogP contribution in [0.25, 0.3) is 11.5 Å². The van der Waals surface area contributed by atoms with Crippen LogP contribution in [0.5, 0.6) is 5.75 Å². The molecule has 4 aromatic rings. The van der Waals surface area contributed by atoms with Gasteiger partial charge in [0, 0.05) is 18.7 Å². The zero-order valence-corrected chi connectivity index (χ0v) is 19.4. The van der Waals surface area contributed by atoms with Gasteiger partial charge in [-0.2, -0.15) is 4.98 Å². The highest BCUT2D eigenvalue weighted by atomic mass is 32.2. The van der Waals surface area contributed by atoms with Crippen molar-refractivity contribution in [1.82, 2.24) is 4.98 Å². The number of fused-ring (bicyclic) bond motifs is 1. The van der Waals surface area contributed by atoms with E-state index in [9.17, 15) is 12.8 Å². The number of oxazole rings is 1. The molecule has 1 aromatic heterocycles. The lowest BCUT2D eigenvalue weighted by atomic mass is 10.0. The van der Waals surface area contributed by atoms with E-state index in [1.807, 2.05) is 30.0 Å². The lowest BCUT2D eigenvalue weighted by Gasteiger charge is -2.28. The van der Waals surface area contributed by atoms with Crippen molar-refractivity contribution in [2.45, 2.75) is 29.8 Å². The van der Waals surface area contributed by atoms with E-state index in [1.165, 1.54) is 17.7 Å². The van der Waals surface area contributed by atoms with Crippen LogP contribution in [-0.2, 0) is 22.8 Å². The summed E-state index contributed by atoms with van der Waals surface area (Å²) in [5.41, 5.74) is 2.97. The molecular weight excluding hydrogens is 455 g/mol. The molecule has 34 heavy (non-hydrogen) atoms. The summed E-state index contributed by atoms with van der Waals surface area (Å²) in [6, 6.07) is 19.9. The van der Waals surface area contributed by atoms with Crippen LogP contribution in [-0.4, -0.2) is 26.6 Å². The maximum Gasteiger partial charge on any atom is 0.236 e. The topological polar surface area (TPSA) is 72.6 Å². The zero-order valence-electron chi connectivity index (χ0n) is 18.6. The Bertz CT molecular complexity index is 1410. The second-order valence-corrected chi connectivity index (χ2v) is 9.85. The molecule has 0 aliphatic carbocycles. The summed E-state index contributed by atoms with van der Waals surface area (Å²) in [7, 11) is -4.05. The van der Waals surface area contributed by atoms with Crippen molar-refractivity contribution in [2.75, 3.05) is 18.1 Å². The van der Waals surface area contributed by atoms with Crippen LogP contribution in [0.1, 0.15) is 18.1 Å². The number of aromatic nitrogens is 1. The van der Waals surface area contributed by atoms with Gasteiger partial charge < -0.3 is 14.1 Å². The van der Waals surface area contributed by atoms with E-state index >= 15 is 0 Å². The Morgan fingerprint density at radius 1 is 1.00 bits per heavy atom. The highest BCUT2D eigenvalue weighted by molar-refractivity contribution is 7.91. The number of hydrogen-bond donors (Lipinski definition) is 0. The molecule has 0 radical (unpaired) electrons. The number of benzene rings is 3. The van der Waals surface area contributed by atoms with Gasteiger partial charge in [-0.1, -0.05) is 24.3 Å². The fourth-order valence-corrected chi connectivity index (χ4v) is 5.37. The quantitative estimate of drug-likeness (QED) is 0.351. The Hall–Kier alpha value is -3.65. The molecule has 8 heteroatoms. The summed E-state index contributed by atoms with van der Waals surface area (Å²) < 4.78 is 52.1. The second-order valence-electron chi connectivity index (χ2n) is 7.98. The lowest BCUT2D eigenvalue weighted by Crippen LogP contribution is -2.31. The van der Waals surface area contributed by atoms with E-state index in [0.717, 1.165) is 24.1 Å². The summed E-state index contributed by atoms with van der Waals surface area (Å²) in [5, 5.41) is -0.178. The molecule has 0 saturated heterocycles. The summed E-state index contributed by atoms with van der Waals surface area (Å²) in [4.78, 5) is 6.28. The number of halogens is 1. The standard InChI is InChI=1S/C26H23FN2O4S/c1-2-32-22-11-7-19(8-12-22)24-28-25(34(30,31)23-13-9-21(27)10-14-23)26(33-24)29-16-15-18-5-3-4-6-20(18)17-29/h3-14H,2,15-17H2,1H3. The summed E-state index contributed by atoms with van der Waals surface area (Å²) in [6.45, 7) is 3.53. The fourth-order valence-electron chi connectivity index (χ4n) is 4.05. The summed E-state index contributed by atoms with van der Waals surface area (Å²) in [6.07, 6.45) is 0.755. The predicted octanol–water partition coefficient (Wildman–Crippen LogP) is 5.27. The van der Waals surface area contributed by atoms with Crippen molar-refractivity contribution in [3.63, 3.8) is 0 Å². The number of ether oxygens (including phenoxy) is 1. The molecule has 2 heterocycles. The first-order chi connectivity index (χ1) is 16.5. The third kappa shape index (κ3) is 4.17. The van der Waals surface area contributed by atoms with Gasteiger partial charge in [0.25, 0.3) is 0 Å². The normalized spacial score (nSPS) is 13.5. The molecular formula is C26H23FN2O4S. The van der Waals surface area contributed by atoms with Crippen molar-refractivity contribution in [2.24, 2.45) is 0 Å². The van der Waals surface area contributed by atoms with Gasteiger partial charge in [-0.3, -0.25) is 0 Å². The average molecular weight is 479 g/mol. The summed E-state index contributed by atoms with van der Waals surface area (Å²) in [5.74, 6) is 0.562. The fraction of sp³-hybridized carbons (Fsp3) is 0.192. The van der Waals surface area contributed by atoms with Gasteiger partial charge in [0.15, 0.2) is 0 Å². The number of nitrogens with zero attached hydrogens (tertiary/aromatic N) is 2. The van der Waals surface area contributed by atoms with Crippen molar-refractivity contribution >= 4 is 15.7 Å². The first-order valence-corrected chi connectivity index (χ1v) is 12.5. The highest BCUT2D eigenvalue weighted by Gasteiger charge is 2.32. The van der Waals surface area contributed by atoms with Gasteiger partial charge in [-0.15, -0.1) is 0 Å². The molecule has 174 valence electrons. The van der Waals surface area contributed by atoms with E-state index in [2.05, 4.69) is 11.1 Å². The molecule has 0 amide bonds. The van der Waals surface area contributed by atoms with E-state index in [1.54, 1.807) is 24.3 Å². The van der Waals surface area contributed by atoms with Gasteiger partial charge in [0.1, 0.15) is 11.6 Å². The molecule has 0 saturated carbocycles. The van der Waals surface area contributed by atoms with Gasteiger partial charge in [0.05, 0.1) is 11.5 Å². The number of sulfone groups is 1. The molecule has 5 rings (SSSR count). The molecule has 1 aliphatic heterocycles. The van der Waals surface area contributed by atoms with Crippen LogP contribution < -0.4 is 9.64 Å². The lowest BCUT2D eigenvalue weighted by molar-refractivity contribution is 0.340. The molecule has 0 N–H and O–H groups in total. The maximum atomic E-state index is 13.5. The Labute approximate surface area is 197 Å². The Morgan fingerprint density at radius 2 is 1.71 bits per heavy atom.